The minimum Gasteiger partial charge on any atom is -0.192 e. The lowest BCUT2D eigenvalue weighted by Gasteiger charge is -2.41. The molecule has 1 nitrogen and oxygen atoms in total. The fraction of sp³-hybridized carbons (Fsp3) is 0.333. The van der Waals surface area contributed by atoms with E-state index in [1.165, 1.54) is 0 Å². The van der Waals surface area contributed by atoms with Gasteiger partial charge in [0.2, 0.25) is 0 Å². The first kappa shape index (κ1) is 17.2. The lowest BCUT2D eigenvalue weighted by Crippen LogP contribution is -2.59. The van der Waals surface area contributed by atoms with Crippen molar-refractivity contribution in [1.82, 2.24) is 5.12 Å². The van der Waals surface area contributed by atoms with Gasteiger partial charge in [0.05, 0.1) is 31.2 Å². The molecule has 0 saturated heterocycles. The monoisotopic (exact) mass is 395 g/mol. The largest absolute Gasteiger partial charge is 0.402 e. The number of rotatable bonds is 0. The quantitative estimate of drug-likeness (QED) is 0.165. The predicted octanol–water partition coefficient (Wildman–Crippen LogP) is 6.23. The highest BCUT2D eigenvalue weighted by Gasteiger charge is 2.75. The predicted molar refractivity (Wildman–Crippen MR) is 62.2 cm³/mol. The summed E-state index contributed by atoms with van der Waals surface area (Å²) in [5.41, 5.74) is -4.05. The van der Waals surface area contributed by atoms with E-state index < -0.39 is 54.4 Å². The van der Waals surface area contributed by atoms with E-state index in [2.05, 4.69) is 0 Å². The van der Waals surface area contributed by atoms with Gasteiger partial charge in [-0.05, 0) is 5.12 Å². The molecular formula is C9Cl4F7N. The fourth-order valence-electron chi connectivity index (χ4n) is 1.76. The van der Waals surface area contributed by atoms with E-state index in [0.717, 1.165) is 0 Å². The van der Waals surface area contributed by atoms with Crippen LogP contribution >= 0.6 is 46.4 Å². The smallest absolute Gasteiger partial charge is 0.192 e. The van der Waals surface area contributed by atoms with E-state index in [0.29, 0.717) is 0 Å². The fourth-order valence-corrected chi connectivity index (χ4v) is 2.84. The first-order valence-corrected chi connectivity index (χ1v) is 6.27. The van der Waals surface area contributed by atoms with Crippen molar-refractivity contribution in [3.63, 3.8) is 0 Å². The summed E-state index contributed by atoms with van der Waals surface area (Å²) in [4.78, 5) is 0. The molecule has 1 aliphatic heterocycles. The molecule has 1 heterocycles. The first-order valence-electron chi connectivity index (χ1n) is 4.76. The Hall–Kier alpha value is -0.150. The molecule has 0 spiro atoms. The van der Waals surface area contributed by atoms with E-state index in [1.807, 2.05) is 0 Å². The van der Waals surface area contributed by atoms with Crippen molar-refractivity contribution in [2.24, 2.45) is 0 Å². The zero-order valence-electron chi connectivity index (χ0n) is 9.10. The minimum atomic E-state index is -5.88. The van der Waals surface area contributed by atoms with Crippen LogP contribution in [0.2, 0.25) is 20.1 Å². The Morgan fingerprint density at radius 1 is 0.667 bits per heavy atom. The Morgan fingerprint density at radius 2 is 1.05 bits per heavy atom. The molecule has 0 unspecified atom stereocenters. The molecule has 12 heteroatoms. The molecule has 0 fully saturated rings. The third kappa shape index (κ3) is 1.96. The molecule has 1 aromatic carbocycles. The van der Waals surface area contributed by atoms with E-state index in [9.17, 15) is 30.8 Å². The van der Waals surface area contributed by atoms with Gasteiger partial charge < -0.3 is 0 Å². The molecule has 0 atom stereocenters. The molecule has 0 radical (unpaired) electrons. The van der Waals surface area contributed by atoms with Crippen LogP contribution in [0.15, 0.2) is 0 Å². The lowest BCUT2D eigenvalue weighted by molar-refractivity contribution is -0.429. The van der Waals surface area contributed by atoms with Crippen molar-refractivity contribution in [3.8, 4) is 0 Å². The SMILES string of the molecule is FN1C(F)(F)c2c(Cl)c(Cl)c(Cl)c(Cl)c2C(F)(F)C1(F)F. The number of hydrogen-bond acceptors (Lipinski definition) is 1. The summed E-state index contributed by atoms with van der Waals surface area (Å²) in [5, 5.41) is -7.08. The summed E-state index contributed by atoms with van der Waals surface area (Å²) in [5.74, 6) is -5.42. The van der Waals surface area contributed by atoms with Crippen LogP contribution in [0, 0.1) is 0 Å². The van der Waals surface area contributed by atoms with Gasteiger partial charge in [-0.1, -0.05) is 46.4 Å². The van der Waals surface area contributed by atoms with Crippen molar-refractivity contribution in [2.45, 2.75) is 18.0 Å². The van der Waals surface area contributed by atoms with Crippen LogP contribution in [0.25, 0.3) is 0 Å². The standard InChI is InChI=1S/C9Cl4F7N/c10-3-1-2(4(11)6(13)5(3)12)8(16,17)21(20)9(18,19)7(1,14)15. The summed E-state index contributed by atoms with van der Waals surface area (Å²) in [6, 6.07) is -11.1. The average molecular weight is 397 g/mol. The van der Waals surface area contributed by atoms with Crippen LogP contribution in [-0.4, -0.2) is 11.2 Å². The first-order chi connectivity index (χ1) is 9.29. The molecule has 0 aliphatic carbocycles. The summed E-state index contributed by atoms with van der Waals surface area (Å²) in [6.07, 6.45) is 0. The Bertz CT molecular complexity index is 633. The minimum absolute atomic E-state index is 0.892. The topological polar surface area (TPSA) is 3.24 Å². The molecule has 0 amide bonds. The van der Waals surface area contributed by atoms with Crippen molar-refractivity contribution in [1.29, 1.82) is 0 Å². The van der Waals surface area contributed by atoms with Crippen LogP contribution in [0.3, 0.4) is 0 Å². The van der Waals surface area contributed by atoms with Crippen molar-refractivity contribution in [2.75, 3.05) is 0 Å². The lowest BCUT2D eigenvalue weighted by atomic mass is 9.93. The molecule has 0 bridgehead atoms. The van der Waals surface area contributed by atoms with Gasteiger partial charge in [-0.15, -0.1) is 4.48 Å². The number of halogens is 11. The van der Waals surface area contributed by atoms with Gasteiger partial charge in [0.25, 0.3) is 0 Å². The highest BCUT2D eigenvalue weighted by Crippen LogP contribution is 2.62. The van der Waals surface area contributed by atoms with Crippen molar-refractivity contribution >= 4 is 46.4 Å². The van der Waals surface area contributed by atoms with Crippen LogP contribution in [0.4, 0.5) is 30.8 Å². The summed E-state index contributed by atoms with van der Waals surface area (Å²) in [6.45, 7) is 0. The molecule has 0 aromatic heterocycles. The van der Waals surface area contributed by atoms with Crippen LogP contribution in [-0.2, 0) is 12.0 Å². The van der Waals surface area contributed by atoms with E-state index in [-0.39, 0.29) is 0 Å². The van der Waals surface area contributed by atoms with Gasteiger partial charge in [0.1, 0.15) is 0 Å². The molecular weight excluding hydrogens is 397 g/mol. The van der Waals surface area contributed by atoms with Gasteiger partial charge in [-0.3, -0.25) is 0 Å². The number of alkyl halides is 6. The summed E-state index contributed by atoms with van der Waals surface area (Å²) in [7, 11) is 0. The van der Waals surface area contributed by atoms with E-state index >= 15 is 0 Å². The normalized spacial score (nSPS) is 23.0. The Balaban J connectivity index is 3.04. The molecule has 2 rings (SSSR count). The van der Waals surface area contributed by atoms with Gasteiger partial charge in [0, 0.05) is 0 Å². The van der Waals surface area contributed by atoms with Crippen LogP contribution in [0.1, 0.15) is 11.1 Å². The van der Waals surface area contributed by atoms with Crippen molar-refractivity contribution in [3.05, 3.63) is 31.2 Å². The highest BCUT2D eigenvalue weighted by molar-refractivity contribution is 6.52. The molecule has 1 aliphatic rings. The zero-order chi connectivity index (χ0) is 16.5. The molecule has 1 aromatic rings. The Kier molecular flexibility index (Phi) is 3.83. The second-order valence-corrected chi connectivity index (χ2v) is 5.46. The number of nitrogens with zero attached hydrogens (tertiary/aromatic N) is 1. The average Bonchev–Trinajstić information content (AvgIpc) is 2.37. The third-order valence-corrected chi connectivity index (χ3v) is 4.55. The van der Waals surface area contributed by atoms with E-state index in [1.54, 1.807) is 0 Å². The molecule has 0 saturated carbocycles. The Labute approximate surface area is 132 Å². The summed E-state index contributed by atoms with van der Waals surface area (Å²) >= 11 is 21.4. The van der Waals surface area contributed by atoms with Gasteiger partial charge in [-0.2, -0.15) is 26.3 Å². The van der Waals surface area contributed by atoms with Crippen LogP contribution in [0.5, 0.6) is 0 Å². The number of fused-ring (bicyclic) bond motifs is 1. The van der Waals surface area contributed by atoms with E-state index in [4.69, 9.17) is 46.4 Å². The Morgan fingerprint density at radius 3 is 1.48 bits per heavy atom. The third-order valence-electron chi connectivity index (χ3n) is 2.75. The second kappa shape index (κ2) is 4.67. The van der Waals surface area contributed by atoms with Gasteiger partial charge in [0.15, 0.2) is 0 Å². The molecule has 21 heavy (non-hydrogen) atoms. The maximum atomic E-state index is 13.7. The molecule has 118 valence electrons. The summed E-state index contributed by atoms with van der Waals surface area (Å²) < 4.78 is 94.4. The van der Waals surface area contributed by atoms with Crippen molar-refractivity contribution < 1.29 is 30.8 Å². The van der Waals surface area contributed by atoms with Gasteiger partial charge >= 0.3 is 18.0 Å². The number of benzene rings is 1. The van der Waals surface area contributed by atoms with Gasteiger partial charge in [-0.25, -0.2) is 0 Å². The molecule has 0 N–H and O–H groups in total. The highest BCUT2D eigenvalue weighted by atomic mass is 35.5. The van der Waals surface area contributed by atoms with Crippen LogP contribution < -0.4 is 0 Å². The number of hydrogen-bond donors (Lipinski definition) is 0. The second-order valence-electron chi connectivity index (χ2n) is 3.94. The maximum Gasteiger partial charge on any atom is 0.402 e. The zero-order valence-corrected chi connectivity index (χ0v) is 12.1. The maximum absolute atomic E-state index is 13.7.